The Morgan fingerprint density at radius 1 is 0.382 bits per heavy atom. The topological polar surface area (TPSA) is 16.4 Å². The summed E-state index contributed by atoms with van der Waals surface area (Å²) in [6.45, 7) is 0. The van der Waals surface area contributed by atoms with Crippen LogP contribution in [0.3, 0.4) is 0 Å². The van der Waals surface area contributed by atoms with Gasteiger partial charge in [0.15, 0.2) is 0 Å². The summed E-state index contributed by atoms with van der Waals surface area (Å²) in [4.78, 5) is 2.34. The Hall–Kier alpha value is -6.94. The van der Waals surface area contributed by atoms with Crippen LogP contribution in [0.5, 0.6) is 0 Å². The molecule has 0 bridgehead atoms. The Labute approximate surface area is 322 Å². The maximum absolute atomic E-state index is 6.82. The van der Waals surface area contributed by atoms with E-state index in [0.717, 1.165) is 44.4 Å². The third-order valence-corrected chi connectivity index (χ3v) is 12.1. The van der Waals surface area contributed by atoms with Crippen LogP contribution < -0.4 is 4.90 Å². The lowest BCUT2D eigenvalue weighted by Crippen LogP contribution is -2.09. The van der Waals surface area contributed by atoms with Gasteiger partial charge in [0.2, 0.25) is 0 Å². The summed E-state index contributed by atoms with van der Waals surface area (Å²) < 4.78 is 9.40. The summed E-state index contributed by atoms with van der Waals surface area (Å²) in [5.74, 6) is 0. The lowest BCUT2D eigenvalue weighted by atomic mass is 9.94. The highest BCUT2D eigenvalue weighted by atomic mass is 32.1. The molecule has 0 fully saturated rings. The zero-order chi connectivity index (χ0) is 36.3. The van der Waals surface area contributed by atoms with Crippen molar-refractivity contribution in [2.45, 2.75) is 0 Å². The minimum absolute atomic E-state index is 0.871. The van der Waals surface area contributed by atoms with Crippen molar-refractivity contribution in [3.05, 3.63) is 200 Å². The molecule has 258 valence electrons. The van der Waals surface area contributed by atoms with Crippen molar-refractivity contribution in [3.63, 3.8) is 0 Å². The molecule has 0 aliphatic heterocycles. The van der Waals surface area contributed by atoms with Gasteiger partial charge in [-0.15, -0.1) is 11.3 Å². The van der Waals surface area contributed by atoms with E-state index in [9.17, 15) is 0 Å². The molecule has 0 aliphatic carbocycles. The fraction of sp³-hybridized carbons (Fsp3) is 0. The predicted octanol–water partition coefficient (Wildman–Crippen LogP) is 15.6. The average Bonchev–Trinajstić information content (AvgIpc) is 3.83. The first kappa shape index (κ1) is 31.6. The van der Waals surface area contributed by atoms with Gasteiger partial charge >= 0.3 is 0 Å². The summed E-state index contributed by atoms with van der Waals surface area (Å²) in [7, 11) is 0. The van der Waals surface area contributed by atoms with Crippen LogP contribution in [-0.4, -0.2) is 0 Å². The van der Waals surface area contributed by atoms with Crippen LogP contribution >= 0.6 is 11.3 Å². The van der Waals surface area contributed by atoms with Crippen molar-refractivity contribution < 1.29 is 4.42 Å². The van der Waals surface area contributed by atoms with Gasteiger partial charge in [0.1, 0.15) is 11.2 Å². The fourth-order valence-electron chi connectivity index (χ4n) is 8.30. The van der Waals surface area contributed by atoms with Gasteiger partial charge < -0.3 is 9.32 Å². The third kappa shape index (κ3) is 5.24. The second-order valence-corrected chi connectivity index (χ2v) is 15.1. The van der Waals surface area contributed by atoms with E-state index in [1.54, 1.807) is 0 Å². The molecule has 0 aliphatic rings. The monoisotopic (exact) mass is 719 g/mol. The van der Waals surface area contributed by atoms with Crippen molar-refractivity contribution in [2.24, 2.45) is 0 Å². The molecule has 11 rings (SSSR count). The van der Waals surface area contributed by atoms with Gasteiger partial charge in [-0.2, -0.15) is 0 Å². The molecule has 0 atom stereocenters. The highest BCUT2D eigenvalue weighted by molar-refractivity contribution is 7.26. The Kier molecular flexibility index (Phi) is 7.39. The van der Waals surface area contributed by atoms with Crippen molar-refractivity contribution in [2.75, 3.05) is 4.90 Å². The van der Waals surface area contributed by atoms with E-state index >= 15 is 0 Å². The molecule has 55 heavy (non-hydrogen) atoms. The number of rotatable bonds is 6. The third-order valence-electron chi connectivity index (χ3n) is 10.9. The molecular formula is C52H33NOS. The average molecular weight is 720 g/mol. The molecule has 0 unspecified atom stereocenters. The summed E-state index contributed by atoms with van der Waals surface area (Å²) in [6.07, 6.45) is 0. The van der Waals surface area contributed by atoms with Crippen LogP contribution in [0.2, 0.25) is 0 Å². The van der Waals surface area contributed by atoms with Gasteiger partial charge in [0.25, 0.3) is 0 Å². The number of para-hydroxylation sites is 2. The maximum Gasteiger partial charge on any atom is 0.143 e. The molecule has 2 nitrogen and oxygen atoms in total. The fourth-order valence-corrected chi connectivity index (χ4v) is 9.57. The maximum atomic E-state index is 6.82. The number of thiophene rings is 1. The molecular weight excluding hydrogens is 687 g/mol. The van der Waals surface area contributed by atoms with Crippen LogP contribution in [0, 0.1) is 0 Å². The first-order valence-corrected chi connectivity index (χ1v) is 19.5. The Balaban J connectivity index is 1.11. The van der Waals surface area contributed by atoms with Crippen LogP contribution in [0.4, 0.5) is 17.1 Å². The van der Waals surface area contributed by atoms with Crippen LogP contribution in [0.25, 0.3) is 86.3 Å². The molecule has 0 N–H and O–H groups in total. The Morgan fingerprint density at radius 2 is 0.964 bits per heavy atom. The molecule has 3 heteroatoms. The van der Waals surface area contributed by atoms with Crippen LogP contribution in [-0.2, 0) is 0 Å². The van der Waals surface area contributed by atoms with E-state index in [4.69, 9.17) is 4.42 Å². The van der Waals surface area contributed by atoms with E-state index in [0.29, 0.717) is 0 Å². The van der Waals surface area contributed by atoms with E-state index < -0.39 is 0 Å². The number of nitrogens with zero attached hydrogens (tertiary/aromatic N) is 1. The highest BCUT2D eigenvalue weighted by Crippen LogP contribution is 2.48. The minimum atomic E-state index is 0.871. The molecule has 0 radical (unpaired) electrons. The van der Waals surface area contributed by atoms with Crippen molar-refractivity contribution >= 4 is 81.3 Å². The van der Waals surface area contributed by atoms with Gasteiger partial charge in [-0.3, -0.25) is 0 Å². The number of hydrogen-bond acceptors (Lipinski definition) is 3. The first-order valence-electron chi connectivity index (χ1n) is 18.7. The zero-order valence-corrected chi connectivity index (χ0v) is 30.6. The lowest BCUT2D eigenvalue weighted by molar-refractivity contribution is 0.672. The number of furan rings is 1. The van der Waals surface area contributed by atoms with Gasteiger partial charge in [-0.05, 0) is 81.7 Å². The van der Waals surface area contributed by atoms with Crippen LogP contribution in [0.15, 0.2) is 205 Å². The van der Waals surface area contributed by atoms with E-state index in [1.807, 2.05) is 11.3 Å². The molecule has 9 aromatic carbocycles. The Morgan fingerprint density at radius 3 is 1.69 bits per heavy atom. The minimum Gasteiger partial charge on any atom is -0.455 e. The molecule has 0 saturated carbocycles. The Bertz CT molecular complexity index is 3140. The molecule has 11 aromatic rings. The van der Waals surface area contributed by atoms with E-state index in [1.165, 1.54) is 58.9 Å². The second-order valence-electron chi connectivity index (χ2n) is 14.0. The van der Waals surface area contributed by atoms with Gasteiger partial charge in [0.05, 0.1) is 11.1 Å². The standard InChI is InChI=1S/C52H33NOS/c1-4-14-34(15-5-1)35-26-28-36(29-27-35)37-30-31-41-43-22-12-23-44(52(43)55-49(41)32-37)45-33-46-50-47(53(38-16-6-2-7-17-38)39-18-8-3-9-19-39)24-13-25-48(50)54-51(46)42-21-11-10-20-40(42)45/h1-33H. The summed E-state index contributed by atoms with van der Waals surface area (Å²) in [5.41, 5.74) is 12.4. The smallest absolute Gasteiger partial charge is 0.143 e. The number of hydrogen-bond donors (Lipinski definition) is 0. The number of benzene rings is 9. The van der Waals surface area contributed by atoms with Gasteiger partial charge in [-0.25, -0.2) is 0 Å². The molecule has 0 spiro atoms. The molecule has 0 saturated heterocycles. The van der Waals surface area contributed by atoms with Gasteiger partial charge in [-0.1, -0.05) is 152 Å². The van der Waals surface area contributed by atoms with Crippen molar-refractivity contribution in [1.82, 2.24) is 0 Å². The number of anilines is 3. The van der Waals surface area contributed by atoms with Gasteiger partial charge in [0, 0.05) is 47.9 Å². The van der Waals surface area contributed by atoms with Crippen LogP contribution in [0.1, 0.15) is 0 Å². The first-order chi connectivity index (χ1) is 27.3. The molecule has 0 amide bonds. The van der Waals surface area contributed by atoms with E-state index in [-0.39, 0.29) is 0 Å². The summed E-state index contributed by atoms with van der Waals surface area (Å²) >= 11 is 1.88. The lowest BCUT2D eigenvalue weighted by Gasteiger charge is -2.26. The zero-order valence-electron chi connectivity index (χ0n) is 29.8. The largest absolute Gasteiger partial charge is 0.455 e. The second kappa shape index (κ2) is 12.9. The molecule has 2 aromatic heterocycles. The summed E-state index contributed by atoms with van der Waals surface area (Å²) in [5, 5.41) is 7.07. The molecule has 2 heterocycles. The predicted molar refractivity (Wildman–Crippen MR) is 235 cm³/mol. The number of fused-ring (bicyclic) bond motifs is 8. The van der Waals surface area contributed by atoms with Crippen molar-refractivity contribution in [3.8, 4) is 33.4 Å². The van der Waals surface area contributed by atoms with Crippen molar-refractivity contribution in [1.29, 1.82) is 0 Å². The normalized spacial score (nSPS) is 11.6. The summed E-state index contributed by atoms with van der Waals surface area (Å²) in [6, 6.07) is 71.9. The van der Waals surface area contributed by atoms with E-state index in [2.05, 4.69) is 205 Å². The highest BCUT2D eigenvalue weighted by Gasteiger charge is 2.22. The quantitative estimate of drug-likeness (QED) is 0.170. The SMILES string of the molecule is c1ccc(-c2ccc(-c3ccc4c(c3)sc3c(-c5cc6c(oc7cccc(N(c8ccccc8)c8ccccc8)c76)c6ccccc56)cccc34)cc2)cc1.